The van der Waals surface area contributed by atoms with E-state index in [9.17, 15) is 19.2 Å². The highest BCUT2D eigenvalue weighted by molar-refractivity contribution is 6.09. The molecule has 0 aliphatic carbocycles. The Labute approximate surface area is 288 Å². The molecule has 0 saturated carbocycles. The standard InChI is InChI=1S/C38H48N4O7/c1-27(16-19-35(43)42-23-21-40(2)22-24-42)20-25-49-33-14-8-7-13-32(33)41(3)38(47)29-17-18-31(34(26-29)48-4)39-37(46)30-12-6-5-10-28(30)11-9-15-36(44)45/h5-8,10,12-14,17-18,26-27H,9,11,15-16,19-25H2,1-4H3,(H,39,46)(H,44,45). The van der Waals surface area contributed by atoms with Crippen molar-refractivity contribution in [3.63, 3.8) is 0 Å². The lowest BCUT2D eigenvalue weighted by Crippen LogP contribution is -2.47. The summed E-state index contributed by atoms with van der Waals surface area (Å²) in [6.45, 7) is 5.99. The predicted molar refractivity (Wildman–Crippen MR) is 190 cm³/mol. The van der Waals surface area contributed by atoms with Crippen LogP contribution in [0.15, 0.2) is 66.7 Å². The van der Waals surface area contributed by atoms with Crippen molar-refractivity contribution in [1.82, 2.24) is 9.80 Å². The molecular formula is C38H48N4O7. The molecular weight excluding hydrogens is 624 g/mol. The SMILES string of the molecule is COc1cc(C(=O)N(C)c2ccccc2OCCC(C)CCC(=O)N2CCN(C)CC2)ccc1NC(=O)c1ccccc1CCCC(=O)O. The Bertz CT molecular complexity index is 1600. The van der Waals surface area contributed by atoms with Crippen LogP contribution in [0.1, 0.15) is 65.3 Å². The number of carboxylic acid groups (broad SMARTS) is 1. The quantitative estimate of drug-likeness (QED) is 0.202. The minimum absolute atomic E-state index is 0.0182. The first-order valence-electron chi connectivity index (χ1n) is 16.8. The topological polar surface area (TPSA) is 129 Å². The second-order valence-corrected chi connectivity index (χ2v) is 12.6. The maximum absolute atomic E-state index is 13.6. The fourth-order valence-corrected chi connectivity index (χ4v) is 5.76. The van der Waals surface area contributed by atoms with Crippen LogP contribution in [-0.2, 0) is 16.0 Å². The molecule has 2 N–H and O–H groups in total. The van der Waals surface area contributed by atoms with Crippen molar-refractivity contribution in [3.8, 4) is 11.5 Å². The Balaban J connectivity index is 1.34. The smallest absolute Gasteiger partial charge is 0.303 e. The van der Waals surface area contributed by atoms with Crippen LogP contribution in [0.5, 0.6) is 11.5 Å². The molecule has 3 aromatic rings. The number of anilines is 2. The van der Waals surface area contributed by atoms with E-state index in [4.69, 9.17) is 14.6 Å². The molecule has 1 unspecified atom stereocenters. The van der Waals surface area contributed by atoms with Crippen LogP contribution in [0.3, 0.4) is 0 Å². The Morgan fingerprint density at radius 3 is 2.37 bits per heavy atom. The van der Waals surface area contributed by atoms with Gasteiger partial charge in [0.05, 0.1) is 25.1 Å². The van der Waals surface area contributed by atoms with Crippen molar-refractivity contribution in [3.05, 3.63) is 83.4 Å². The highest BCUT2D eigenvalue weighted by atomic mass is 16.5. The molecule has 11 nitrogen and oxygen atoms in total. The Morgan fingerprint density at radius 2 is 1.63 bits per heavy atom. The van der Waals surface area contributed by atoms with E-state index in [-0.39, 0.29) is 24.1 Å². The van der Waals surface area contributed by atoms with Gasteiger partial charge in [0.1, 0.15) is 11.5 Å². The third-order valence-corrected chi connectivity index (χ3v) is 8.90. The van der Waals surface area contributed by atoms with E-state index in [2.05, 4.69) is 24.2 Å². The summed E-state index contributed by atoms with van der Waals surface area (Å²) in [7, 11) is 5.22. The summed E-state index contributed by atoms with van der Waals surface area (Å²) in [6, 6.07) is 19.3. The number of nitrogens with zero attached hydrogens (tertiary/aromatic N) is 3. The number of methoxy groups -OCH3 is 1. The number of aryl methyl sites for hydroxylation is 1. The zero-order chi connectivity index (χ0) is 35.3. The summed E-state index contributed by atoms with van der Waals surface area (Å²) >= 11 is 0. The number of carboxylic acids is 1. The number of benzene rings is 3. The second-order valence-electron chi connectivity index (χ2n) is 12.6. The number of nitrogens with one attached hydrogen (secondary N) is 1. The molecule has 1 atom stereocenters. The first-order chi connectivity index (χ1) is 23.6. The average Bonchev–Trinajstić information content (AvgIpc) is 3.10. The van der Waals surface area contributed by atoms with E-state index < -0.39 is 5.97 Å². The number of amides is 3. The Morgan fingerprint density at radius 1 is 0.918 bits per heavy atom. The van der Waals surface area contributed by atoms with Crippen LogP contribution < -0.4 is 19.7 Å². The second kappa shape index (κ2) is 18.0. The van der Waals surface area contributed by atoms with Gasteiger partial charge in [-0.25, -0.2) is 0 Å². The first kappa shape index (κ1) is 36.9. The number of rotatable bonds is 16. The summed E-state index contributed by atoms with van der Waals surface area (Å²) < 4.78 is 11.7. The number of carbonyl (C=O) groups is 4. The third kappa shape index (κ3) is 10.5. The molecule has 1 fully saturated rings. The van der Waals surface area contributed by atoms with Gasteiger partial charge in [-0.1, -0.05) is 37.3 Å². The molecule has 1 saturated heterocycles. The van der Waals surface area contributed by atoms with E-state index in [1.165, 1.54) is 12.0 Å². The molecule has 4 rings (SSSR count). The Kier molecular flexibility index (Phi) is 13.6. The molecule has 1 aliphatic heterocycles. The molecule has 0 bridgehead atoms. The molecule has 0 aromatic heterocycles. The number of ether oxygens (including phenoxy) is 2. The van der Waals surface area contributed by atoms with Crippen LogP contribution in [0.4, 0.5) is 11.4 Å². The minimum atomic E-state index is -0.879. The monoisotopic (exact) mass is 672 g/mol. The molecule has 11 heteroatoms. The molecule has 262 valence electrons. The normalized spacial score (nSPS) is 13.8. The van der Waals surface area contributed by atoms with Crippen LogP contribution in [0.25, 0.3) is 0 Å². The van der Waals surface area contributed by atoms with Crippen LogP contribution in [0.2, 0.25) is 0 Å². The maximum atomic E-state index is 13.6. The van der Waals surface area contributed by atoms with Gasteiger partial charge in [0.2, 0.25) is 5.91 Å². The zero-order valence-electron chi connectivity index (χ0n) is 28.9. The lowest BCUT2D eigenvalue weighted by Gasteiger charge is -2.32. The van der Waals surface area contributed by atoms with Crippen molar-refractivity contribution >= 4 is 35.1 Å². The van der Waals surface area contributed by atoms with Gasteiger partial charge < -0.3 is 34.6 Å². The maximum Gasteiger partial charge on any atom is 0.303 e. The summed E-state index contributed by atoms with van der Waals surface area (Å²) in [4.78, 5) is 56.2. The van der Waals surface area contributed by atoms with Crippen molar-refractivity contribution in [1.29, 1.82) is 0 Å². The molecule has 3 aromatic carbocycles. The summed E-state index contributed by atoms with van der Waals surface area (Å²) in [5.74, 6) is -0.101. The van der Waals surface area contributed by atoms with E-state index >= 15 is 0 Å². The number of hydrogen-bond donors (Lipinski definition) is 2. The van der Waals surface area contributed by atoms with E-state index in [1.54, 1.807) is 37.4 Å². The average molecular weight is 673 g/mol. The Hall–Kier alpha value is -4.90. The lowest BCUT2D eigenvalue weighted by atomic mass is 10.0. The number of para-hydroxylation sites is 2. The van der Waals surface area contributed by atoms with Crippen LogP contribution >= 0.6 is 0 Å². The van der Waals surface area contributed by atoms with E-state index in [0.717, 1.165) is 44.6 Å². The predicted octanol–water partition coefficient (Wildman–Crippen LogP) is 5.59. The summed E-state index contributed by atoms with van der Waals surface area (Å²) in [6.07, 6.45) is 3.00. The van der Waals surface area contributed by atoms with Gasteiger partial charge in [-0.05, 0) is 80.6 Å². The highest BCUT2D eigenvalue weighted by Crippen LogP contribution is 2.31. The fraction of sp³-hybridized carbons (Fsp3) is 0.421. The molecule has 1 aliphatic rings. The number of likely N-dealkylation sites (N-methyl/N-ethyl adjacent to an activating group) is 1. The van der Waals surface area contributed by atoms with Crippen molar-refractivity contribution in [2.75, 3.05) is 64.2 Å². The number of piperazine rings is 1. The minimum Gasteiger partial charge on any atom is -0.495 e. The van der Waals surface area contributed by atoms with Gasteiger partial charge in [-0.2, -0.15) is 0 Å². The molecule has 0 spiro atoms. The van der Waals surface area contributed by atoms with Crippen molar-refractivity contribution < 1.29 is 33.8 Å². The molecule has 3 amide bonds. The summed E-state index contributed by atoms with van der Waals surface area (Å²) in [5, 5.41) is 11.9. The number of aliphatic carboxylic acids is 1. The molecule has 0 radical (unpaired) electrons. The largest absolute Gasteiger partial charge is 0.495 e. The van der Waals surface area contributed by atoms with E-state index in [0.29, 0.717) is 65.8 Å². The van der Waals surface area contributed by atoms with Crippen molar-refractivity contribution in [2.45, 2.75) is 45.4 Å². The van der Waals surface area contributed by atoms with Gasteiger partial charge >= 0.3 is 5.97 Å². The third-order valence-electron chi connectivity index (χ3n) is 8.90. The van der Waals surface area contributed by atoms with Gasteiger partial charge in [-0.15, -0.1) is 0 Å². The van der Waals surface area contributed by atoms with Crippen molar-refractivity contribution in [2.24, 2.45) is 5.92 Å². The zero-order valence-corrected chi connectivity index (χ0v) is 28.9. The fourth-order valence-electron chi connectivity index (χ4n) is 5.76. The highest BCUT2D eigenvalue weighted by Gasteiger charge is 2.22. The number of hydrogen-bond acceptors (Lipinski definition) is 7. The lowest BCUT2D eigenvalue weighted by molar-refractivity contribution is -0.137. The van der Waals surface area contributed by atoms with Gasteiger partial charge in [-0.3, -0.25) is 19.2 Å². The first-order valence-corrected chi connectivity index (χ1v) is 16.8. The van der Waals surface area contributed by atoms with Gasteiger partial charge in [0.15, 0.2) is 0 Å². The number of carbonyl (C=O) groups excluding carboxylic acids is 3. The van der Waals surface area contributed by atoms with Crippen LogP contribution in [0, 0.1) is 5.92 Å². The molecule has 1 heterocycles. The van der Waals surface area contributed by atoms with Crippen LogP contribution in [-0.4, -0.2) is 92.6 Å². The molecule has 49 heavy (non-hydrogen) atoms. The van der Waals surface area contributed by atoms with E-state index in [1.807, 2.05) is 41.3 Å². The van der Waals surface area contributed by atoms with Gasteiger partial charge in [0.25, 0.3) is 11.8 Å². The van der Waals surface area contributed by atoms with Gasteiger partial charge in [0, 0.05) is 57.2 Å². The summed E-state index contributed by atoms with van der Waals surface area (Å²) in [5.41, 5.74) is 2.57.